The van der Waals surface area contributed by atoms with Gasteiger partial charge in [-0.15, -0.1) is 11.3 Å². The van der Waals surface area contributed by atoms with Gasteiger partial charge >= 0.3 is 0 Å². The number of hydrogen-bond acceptors (Lipinski definition) is 4. The fourth-order valence-corrected chi connectivity index (χ4v) is 3.12. The molecule has 2 heterocycles. The maximum absolute atomic E-state index is 13.7. The van der Waals surface area contributed by atoms with Crippen molar-refractivity contribution in [1.29, 1.82) is 0 Å². The van der Waals surface area contributed by atoms with Crippen molar-refractivity contribution in [3.63, 3.8) is 0 Å². The van der Waals surface area contributed by atoms with Gasteiger partial charge in [0.05, 0.1) is 22.3 Å². The minimum atomic E-state index is -0.738. The van der Waals surface area contributed by atoms with Crippen LogP contribution in [0.5, 0.6) is 0 Å². The van der Waals surface area contributed by atoms with Gasteiger partial charge in [0.15, 0.2) is 0 Å². The summed E-state index contributed by atoms with van der Waals surface area (Å²) in [5, 5.41) is 8.81. The third-order valence-electron chi connectivity index (χ3n) is 3.57. The Morgan fingerprint density at radius 1 is 1.38 bits per heavy atom. The Hall–Kier alpha value is -2.61. The van der Waals surface area contributed by atoms with Crippen LogP contribution in [0.25, 0.3) is 10.1 Å². The average molecular weight is 349 g/mol. The highest BCUT2D eigenvalue weighted by atomic mass is 32.1. The van der Waals surface area contributed by atoms with E-state index in [1.807, 2.05) is 0 Å². The minimum Gasteiger partial charge on any atom is -0.348 e. The van der Waals surface area contributed by atoms with Gasteiger partial charge < -0.3 is 5.32 Å². The predicted octanol–water partition coefficient (Wildman–Crippen LogP) is 2.61. The summed E-state index contributed by atoms with van der Waals surface area (Å²) in [6.45, 7) is 1.30. The summed E-state index contributed by atoms with van der Waals surface area (Å²) in [5.41, 5.74) is -0.192. The predicted molar refractivity (Wildman–Crippen MR) is 86.8 cm³/mol. The van der Waals surface area contributed by atoms with Crippen molar-refractivity contribution in [3.8, 4) is 0 Å². The van der Waals surface area contributed by atoms with Gasteiger partial charge in [0.2, 0.25) is 5.91 Å². The number of carbonyl (C=O) groups is 1. The highest BCUT2D eigenvalue weighted by Gasteiger charge is 2.15. The van der Waals surface area contributed by atoms with Gasteiger partial charge in [-0.05, 0) is 24.4 Å². The quantitative estimate of drug-likeness (QED) is 0.787. The SMILES string of the molecule is C[C@H](NC(=O)Cn1ncc2sccc2c1=O)c1ccc(F)cc1F. The van der Waals surface area contributed by atoms with Crippen LogP contribution in [0.4, 0.5) is 8.78 Å². The first kappa shape index (κ1) is 16.3. The van der Waals surface area contributed by atoms with E-state index in [0.717, 1.165) is 21.5 Å². The van der Waals surface area contributed by atoms with E-state index in [4.69, 9.17) is 0 Å². The molecule has 24 heavy (non-hydrogen) atoms. The van der Waals surface area contributed by atoms with Crippen molar-refractivity contribution >= 4 is 27.3 Å². The molecule has 0 aliphatic heterocycles. The fraction of sp³-hybridized carbons (Fsp3) is 0.188. The second kappa shape index (κ2) is 6.48. The van der Waals surface area contributed by atoms with Crippen LogP contribution >= 0.6 is 11.3 Å². The summed E-state index contributed by atoms with van der Waals surface area (Å²) < 4.78 is 28.5. The monoisotopic (exact) mass is 349 g/mol. The molecule has 0 aliphatic carbocycles. The zero-order valence-electron chi connectivity index (χ0n) is 12.6. The summed E-state index contributed by atoms with van der Waals surface area (Å²) >= 11 is 1.39. The average Bonchev–Trinajstić information content (AvgIpc) is 2.99. The number of aromatic nitrogens is 2. The largest absolute Gasteiger partial charge is 0.348 e. The van der Waals surface area contributed by atoms with E-state index in [2.05, 4.69) is 10.4 Å². The third kappa shape index (κ3) is 3.18. The van der Waals surface area contributed by atoms with Gasteiger partial charge in [-0.2, -0.15) is 5.10 Å². The number of hydrogen-bond donors (Lipinski definition) is 1. The van der Waals surface area contributed by atoms with Gasteiger partial charge in [-0.25, -0.2) is 13.5 Å². The lowest BCUT2D eigenvalue weighted by Gasteiger charge is -2.15. The molecule has 0 aliphatic rings. The van der Waals surface area contributed by atoms with Crippen LogP contribution in [-0.2, 0) is 11.3 Å². The number of carbonyl (C=O) groups excluding carboxylic acids is 1. The van der Waals surface area contributed by atoms with Crippen molar-refractivity contribution < 1.29 is 13.6 Å². The fourth-order valence-electron chi connectivity index (χ4n) is 2.38. The Balaban J connectivity index is 1.74. The van der Waals surface area contributed by atoms with E-state index in [1.165, 1.54) is 23.6 Å². The van der Waals surface area contributed by atoms with Crippen LogP contribution in [0.1, 0.15) is 18.5 Å². The second-order valence-corrected chi connectivity index (χ2v) is 6.21. The number of rotatable bonds is 4. The lowest BCUT2D eigenvalue weighted by Crippen LogP contribution is -2.35. The number of nitrogens with zero attached hydrogens (tertiary/aromatic N) is 2. The first-order valence-corrected chi connectivity index (χ1v) is 8.01. The van der Waals surface area contributed by atoms with Crippen molar-refractivity contribution in [2.75, 3.05) is 0 Å². The minimum absolute atomic E-state index is 0.165. The molecular formula is C16H13F2N3O2S. The number of benzene rings is 1. The first-order chi connectivity index (χ1) is 11.5. The van der Waals surface area contributed by atoms with E-state index in [1.54, 1.807) is 18.4 Å². The molecule has 0 spiro atoms. The lowest BCUT2D eigenvalue weighted by atomic mass is 10.1. The summed E-state index contributed by atoms with van der Waals surface area (Å²) in [7, 11) is 0. The Bertz CT molecular complexity index is 967. The maximum atomic E-state index is 13.7. The Labute approximate surface area is 139 Å². The van der Waals surface area contributed by atoms with Crippen molar-refractivity contribution in [2.24, 2.45) is 0 Å². The van der Waals surface area contributed by atoms with Gasteiger partial charge in [-0.1, -0.05) is 6.07 Å². The highest BCUT2D eigenvalue weighted by Crippen LogP contribution is 2.18. The van der Waals surface area contributed by atoms with E-state index >= 15 is 0 Å². The molecule has 0 fully saturated rings. The van der Waals surface area contributed by atoms with Crippen molar-refractivity contribution in [1.82, 2.24) is 15.1 Å². The molecule has 124 valence electrons. The maximum Gasteiger partial charge on any atom is 0.275 e. The second-order valence-electron chi connectivity index (χ2n) is 5.26. The Morgan fingerprint density at radius 3 is 2.92 bits per heavy atom. The molecule has 0 bridgehead atoms. The van der Waals surface area contributed by atoms with Crippen molar-refractivity contribution in [2.45, 2.75) is 19.5 Å². The van der Waals surface area contributed by atoms with E-state index in [0.29, 0.717) is 5.39 Å². The molecule has 1 atom stereocenters. The molecule has 1 aromatic carbocycles. The molecule has 3 rings (SSSR count). The van der Waals surface area contributed by atoms with Gasteiger partial charge in [0.25, 0.3) is 5.56 Å². The Kier molecular flexibility index (Phi) is 4.39. The summed E-state index contributed by atoms with van der Waals surface area (Å²) in [4.78, 5) is 24.3. The van der Waals surface area contributed by atoms with Crippen LogP contribution < -0.4 is 10.9 Å². The molecule has 5 nitrogen and oxygen atoms in total. The highest BCUT2D eigenvalue weighted by molar-refractivity contribution is 7.17. The molecule has 0 saturated carbocycles. The first-order valence-electron chi connectivity index (χ1n) is 7.13. The third-order valence-corrected chi connectivity index (χ3v) is 4.43. The molecule has 8 heteroatoms. The summed E-state index contributed by atoms with van der Waals surface area (Å²) in [5.74, 6) is -1.91. The smallest absolute Gasteiger partial charge is 0.275 e. The summed E-state index contributed by atoms with van der Waals surface area (Å²) in [6.07, 6.45) is 1.53. The number of fused-ring (bicyclic) bond motifs is 1. The van der Waals surface area contributed by atoms with Crippen LogP contribution in [0.15, 0.2) is 40.6 Å². The van der Waals surface area contributed by atoms with Crippen molar-refractivity contribution in [3.05, 3.63) is 63.4 Å². The Morgan fingerprint density at radius 2 is 2.17 bits per heavy atom. The van der Waals surface area contributed by atoms with Crippen LogP contribution in [0.2, 0.25) is 0 Å². The van der Waals surface area contributed by atoms with E-state index in [9.17, 15) is 18.4 Å². The molecule has 3 aromatic rings. The molecule has 1 amide bonds. The lowest BCUT2D eigenvalue weighted by molar-refractivity contribution is -0.122. The molecule has 0 radical (unpaired) electrons. The summed E-state index contributed by atoms with van der Waals surface area (Å²) in [6, 6.07) is 4.16. The van der Waals surface area contributed by atoms with Crippen LogP contribution in [0, 0.1) is 11.6 Å². The van der Waals surface area contributed by atoms with Gasteiger partial charge in [0.1, 0.15) is 18.2 Å². The number of amides is 1. The van der Waals surface area contributed by atoms with Gasteiger partial charge in [-0.3, -0.25) is 9.59 Å². The van der Waals surface area contributed by atoms with Crippen LogP contribution in [0.3, 0.4) is 0 Å². The molecule has 2 aromatic heterocycles. The molecule has 0 unspecified atom stereocenters. The standard InChI is InChI=1S/C16H13F2N3O2S/c1-9(11-3-2-10(17)6-13(11)18)20-15(22)8-21-16(23)12-4-5-24-14(12)7-19-21/h2-7,9H,8H2,1H3,(H,20,22)/t9-/m0/s1. The normalized spacial score (nSPS) is 12.3. The number of thiophene rings is 1. The topological polar surface area (TPSA) is 64.0 Å². The number of halogens is 2. The van der Waals surface area contributed by atoms with E-state index in [-0.39, 0.29) is 17.7 Å². The molecular weight excluding hydrogens is 336 g/mol. The molecule has 0 saturated heterocycles. The molecule has 1 N–H and O–H groups in total. The van der Waals surface area contributed by atoms with Crippen LogP contribution in [-0.4, -0.2) is 15.7 Å². The van der Waals surface area contributed by atoms with Gasteiger partial charge in [0, 0.05) is 11.6 Å². The zero-order chi connectivity index (χ0) is 17.3. The van der Waals surface area contributed by atoms with E-state index < -0.39 is 23.6 Å². The number of nitrogens with one attached hydrogen (secondary N) is 1. The zero-order valence-corrected chi connectivity index (χ0v) is 13.4.